The summed E-state index contributed by atoms with van der Waals surface area (Å²) in [6, 6.07) is 5.95. The molecule has 1 atom stereocenters. The van der Waals surface area contributed by atoms with E-state index in [-0.39, 0.29) is 24.0 Å². The molecule has 0 spiro atoms. The van der Waals surface area contributed by atoms with Gasteiger partial charge in [-0.2, -0.15) is 18.3 Å². The third kappa shape index (κ3) is 4.19. The molecule has 6 nitrogen and oxygen atoms in total. The Hall–Kier alpha value is -2.68. The number of amides is 1. The molecule has 1 aromatic heterocycles. The van der Waals surface area contributed by atoms with E-state index in [1.54, 1.807) is 0 Å². The van der Waals surface area contributed by atoms with Gasteiger partial charge in [0.1, 0.15) is 0 Å². The smallest absolute Gasteiger partial charge is 0.376 e. The van der Waals surface area contributed by atoms with Gasteiger partial charge in [-0.25, -0.2) is 4.68 Å². The van der Waals surface area contributed by atoms with Crippen molar-refractivity contribution in [2.75, 3.05) is 13.2 Å². The average Bonchev–Trinajstić information content (AvgIpc) is 3.12. The lowest BCUT2D eigenvalue weighted by molar-refractivity contribution is -0.137. The van der Waals surface area contributed by atoms with Gasteiger partial charge in [-0.3, -0.25) is 9.59 Å². The van der Waals surface area contributed by atoms with Gasteiger partial charge in [0.25, 0.3) is 5.91 Å². The van der Waals surface area contributed by atoms with E-state index >= 15 is 0 Å². The van der Waals surface area contributed by atoms with E-state index in [0.717, 1.165) is 29.7 Å². The number of rotatable bonds is 4. The van der Waals surface area contributed by atoms with Crippen LogP contribution in [0.15, 0.2) is 35.1 Å². The number of nitrogens with zero attached hydrogens (tertiary/aromatic N) is 2. The van der Waals surface area contributed by atoms with Crippen molar-refractivity contribution >= 4 is 5.91 Å². The molecule has 0 aliphatic carbocycles. The lowest BCUT2D eigenvalue weighted by Gasteiger charge is -2.17. The Morgan fingerprint density at radius 2 is 2.11 bits per heavy atom. The molecule has 0 radical (unpaired) electrons. The van der Waals surface area contributed by atoms with Gasteiger partial charge in [0.2, 0.25) is 5.43 Å². The Bertz CT molecular complexity index is 903. The van der Waals surface area contributed by atoms with E-state index < -0.39 is 28.8 Å². The molecular formula is C18H18F3N3O3. The monoisotopic (exact) mass is 381 g/mol. The van der Waals surface area contributed by atoms with Gasteiger partial charge < -0.3 is 10.1 Å². The number of ether oxygens (including phenoxy) is 1. The zero-order chi connectivity index (χ0) is 19.6. The Balaban J connectivity index is 1.95. The fraction of sp³-hybridized carbons (Fsp3) is 0.389. The highest BCUT2D eigenvalue weighted by Gasteiger charge is 2.34. The maximum absolute atomic E-state index is 13.3. The Kier molecular flexibility index (Phi) is 5.31. The van der Waals surface area contributed by atoms with Crippen molar-refractivity contribution < 1.29 is 22.7 Å². The van der Waals surface area contributed by atoms with Gasteiger partial charge in [0, 0.05) is 24.9 Å². The molecule has 1 fully saturated rings. The number of carbonyl (C=O) groups excluding carboxylic acids is 1. The number of para-hydroxylation sites is 1. The van der Waals surface area contributed by atoms with Crippen LogP contribution in [-0.2, 0) is 10.9 Å². The quantitative estimate of drug-likeness (QED) is 0.883. The average molecular weight is 381 g/mol. The van der Waals surface area contributed by atoms with Crippen LogP contribution in [0.4, 0.5) is 13.2 Å². The molecule has 27 heavy (non-hydrogen) atoms. The molecule has 3 rings (SSSR count). The summed E-state index contributed by atoms with van der Waals surface area (Å²) in [5.74, 6) is -0.742. The van der Waals surface area contributed by atoms with Gasteiger partial charge in [-0.05, 0) is 31.9 Å². The van der Waals surface area contributed by atoms with Crippen LogP contribution < -0.4 is 10.7 Å². The van der Waals surface area contributed by atoms with E-state index in [9.17, 15) is 22.8 Å². The second-order valence-electron chi connectivity index (χ2n) is 6.27. The predicted octanol–water partition coefficient (Wildman–Crippen LogP) is 2.47. The summed E-state index contributed by atoms with van der Waals surface area (Å²) in [4.78, 5) is 24.5. The van der Waals surface area contributed by atoms with Crippen molar-refractivity contribution in [2.24, 2.45) is 0 Å². The molecule has 1 aliphatic heterocycles. The molecule has 0 bridgehead atoms. The number of benzene rings is 1. The van der Waals surface area contributed by atoms with E-state index in [1.807, 2.05) is 0 Å². The number of aromatic nitrogens is 2. The largest absolute Gasteiger partial charge is 0.418 e. The maximum atomic E-state index is 13.3. The van der Waals surface area contributed by atoms with Gasteiger partial charge in [0.05, 0.1) is 17.4 Å². The molecule has 144 valence electrons. The lowest BCUT2D eigenvalue weighted by Crippen LogP contribution is -2.36. The minimum Gasteiger partial charge on any atom is -0.376 e. The molecular weight excluding hydrogens is 363 g/mol. The van der Waals surface area contributed by atoms with Crippen molar-refractivity contribution in [3.63, 3.8) is 0 Å². The van der Waals surface area contributed by atoms with E-state index in [1.165, 1.54) is 25.1 Å². The van der Waals surface area contributed by atoms with Crippen molar-refractivity contribution in [2.45, 2.75) is 32.0 Å². The highest BCUT2D eigenvalue weighted by atomic mass is 19.4. The molecule has 1 unspecified atom stereocenters. The van der Waals surface area contributed by atoms with Crippen molar-refractivity contribution in [1.29, 1.82) is 0 Å². The summed E-state index contributed by atoms with van der Waals surface area (Å²) >= 11 is 0. The van der Waals surface area contributed by atoms with Crippen LogP contribution in [0, 0.1) is 6.92 Å². The predicted molar refractivity (Wildman–Crippen MR) is 90.9 cm³/mol. The topological polar surface area (TPSA) is 73.2 Å². The zero-order valence-electron chi connectivity index (χ0n) is 14.5. The molecule has 0 saturated carbocycles. The van der Waals surface area contributed by atoms with Crippen molar-refractivity contribution in [3.8, 4) is 5.69 Å². The normalized spacial score (nSPS) is 17.1. The second kappa shape index (κ2) is 7.51. The number of carbonyl (C=O) groups is 1. The van der Waals surface area contributed by atoms with Crippen LogP contribution in [0.5, 0.6) is 0 Å². The highest BCUT2D eigenvalue weighted by Crippen LogP contribution is 2.33. The number of nitrogens with one attached hydrogen (secondary N) is 1. The zero-order valence-corrected chi connectivity index (χ0v) is 14.5. The summed E-state index contributed by atoms with van der Waals surface area (Å²) in [5.41, 5.74) is -2.09. The lowest BCUT2D eigenvalue weighted by atomic mass is 10.1. The maximum Gasteiger partial charge on any atom is 0.418 e. The van der Waals surface area contributed by atoms with Crippen LogP contribution in [0.3, 0.4) is 0 Å². The molecule has 1 aromatic carbocycles. The summed E-state index contributed by atoms with van der Waals surface area (Å²) in [7, 11) is 0. The minimum atomic E-state index is -4.60. The van der Waals surface area contributed by atoms with E-state index in [0.29, 0.717) is 6.61 Å². The molecule has 2 aromatic rings. The fourth-order valence-corrected chi connectivity index (χ4v) is 2.94. The van der Waals surface area contributed by atoms with E-state index in [2.05, 4.69) is 10.4 Å². The van der Waals surface area contributed by atoms with E-state index in [4.69, 9.17) is 4.74 Å². The van der Waals surface area contributed by atoms with Crippen LogP contribution in [0.2, 0.25) is 0 Å². The first kappa shape index (κ1) is 19.1. The van der Waals surface area contributed by atoms with Gasteiger partial charge >= 0.3 is 6.18 Å². The minimum absolute atomic E-state index is 0.132. The molecule has 1 saturated heterocycles. The second-order valence-corrected chi connectivity index (χ2v) is 6.27. The fourth-order valence-electron chi connectivity index (χ4n) is 2.94. The first-order chi connectivity index (χ1) is 12.8. The van der Waals surface area contributed by atoms with Gasteiger partial charge in [0.15, 0.2) is 5.69 Å². The molecule has 2 heterocycles. The standard InChI is InChI=1S/C18H18F3N3O3/c1-11-9-15(25)16(17(26)22-10-12-5-4-8-27-12)23-24(11)14-7-3-2-6-13(14)18(19,20)21/h2-3,6-7,9,12H,4-5,8,10H2,1H3,(H,22,26). The van der Waals surface area contributed by atoms with Crippen molar-refractivity contribution in [3.05, 3.63) is 57.5 Å². The summed E-state index contributed by atoms with van der Waals surface area (Å²) < 4.78 is 46.3. The number of halogens is 3. The summed E-state index contributed by atoms with van der Waals surface area (Å²) in [5, 5.41) is 6.48. The Morgan fingerprint density at radius 1 is 1.37 bits per heavy atom. The first-order valence-electron chi connectivity index (χ1n) is 8.45. The number of aryl methyl sites for hydroxylation is 1. The Labute approximate surface area is 153 Å². The highest BCUT2D eigenvalue weighted by molar-refractivity contribution is 5.92. The SMILES string of the molecule is Cc1cc(=O)c(C(=O)NCC2CCCO2)nn1-c1ccccc1C(F)(F)F. The van der Waals surface area contributed by atoms with Crippen LogP contribution in [0.25, 0.3) is 5.69 Å². The number of alkyl halides is 3. The molecule has 1 aliphatic rings. The van der Waals surface area contributed by atoms with Crippen LogP contribution >= 0.6 is 0 Å². The summed E-state index contributed by atoms with van der Waals surface area (Å²) in [6.45, 7) is 2.28. The third-order valence-corrected chi connectivity index (χ3v) is 4.27. The van der Waals surface area contributed by atoms with Gasteiger partial charge in [-0.15, -0.1) is 0 Å². The number of hydrogen-bond acceptors (Lipinski definition) is 4. The van der Waals surface area contributed by atoms with Gasteiger partial charge in [-0.1, -0.05) is 12.1 Å². The Morgan fingerprint density at radius 3 is 2.78 bits per heavy atom. The molecule has 1 N–H and O–H groups in total. The van der Waals surface area contributed by atoms with Crippen LogP contribution in [-0.4, -0.2) is 34.9 Å². The number of hydrogen-bond donors (Lipinski definition) is 1. The van der Waals surface area contributed by atoms with Crippen molar-refractivity contribution in [1.82, 2.24) is 15.1 Å². The molecule has 1 amide bonds. The molecule has 9 heteroatoms. The van der Waals surface area contributed by atoms with Crippen LogP contribution in [0.1, 0.15) is 34.6 Å². The first-order valence-corrected chi connectivity index (χ1v) is 8.45. The third-order valence-electron chi connectivity index (χ3n) is 4.27. The summed E-state index contributed by atoms with van der Waals surface area (Å²) in [6.07, 6.45) is -3.04.